The van der Waals surface area contributed by atoms with Crippen molar-refractivity contribution in [3.05, 3.63) is 64.7 Å². The predicted octanol–water partition coefficient (Wildman–Crippen LogP) is 2.87. The summed E-state index contributed by atoms with van der Waals surface area (Å²) in [6.45, 7) is 0.646. The third kappa shape index (κ3) is 4.06. The van der Waals surface area contributed by atoms with E-state index in [-0.39, 0.29) is 29.0 Å². The monoisotopic (exact) mass is 462 g/mol. The number of nitrogens with zero attached hydrogens (tertiary/aromatic N) is 2. The van der Waals surface area contributed by atoms with Crippen LogP contribution in [0.4, 0.5) is 0 Å². The summed E-state index contributed by atoms with van der Waals surface area (Å²) in [5, 5.41) is 8.85. The van der Waals surface area contributed by atoms with E-state index in [1.165, 1.54) is 15.6 Å². The summed E-state index contributed by atoms with van der Waals surface area (Å²) in [7, 11) is -3.77. The van der Waals surface area contributed by atoms with Crippen LogP contribution in [-0.4, -0.2) is 49.0 Å². The zero-order valence-corrected chi connectivity index (χ0v) is 18.2. The molecule has 1 aliphatic rings. The normalized spacial score (nSPS) is 15.6. The summed E-state index contributed by atoms with van der Waals surface area (Å²) in [5.74, 6) is -0.300. The quantitative estimate of drug-likeness (QED) is 0.449. The molecule has 1 amide bonds. The van der Waals surface area contributed by atoms with Crippen molar-refractivity contribution in [1.82, 2.24) is 9.21 Å². The van der Waals surface area contributed by atoms with Crippen LogP contribution in [0.2, 0.25) is 5.02 Å². The first-order valence-electron chi connectivity index (χ1n) is 9.14. The van der Waals surface area contributed by atoms with Gasteiger partial charge in [0.2, 0.25) is 5.91 Å². The molecule has 0 atom stereocenters. The van der Waals surface area contributed by atoms with Crippen molar-refractivity contribution >= 4 is 54.8 Å². The summed E-state index contributed by atoms with van der Waals surface area (Å²) < 4.78 is 28.4. The van der Waals surface area contributed by atoms with E-state index in [1.807, 2.05) is 6.07 Å². The Balaban J connectivity index is 1.49. The van der Waals surface area contributed by atoms with Crippen molar-refractivity contribution in [1.29, 1.82) is 5.41 Å². The Kier molecular flexibility index (Phi) is 5.54. The Morgan fingerprint density at radius 1 is 1.17 bits per heavy atom. The Morgan fingerprint density at radius 3 is 2.70 bits per heavy atom. The van der Waals surface area contributed by atoms with Crippen LogP contribution in [0, 0.1) is 5.41 Å². The molecule has 1 aliphatic heterocycles. The number of nitrogen functional groups attached to an aromatic ring is 1. The fourth-order valence-corrected chi connectivity index (χ4v) is 6.46. The number of amides is 1. The minimum Gasteiger partial charge on any atom is -0.384 e. The number of benzene rings is 2. The van der Waals surface area contributed by atoms with E-state index in [0.717, 1.165) is 15.6 Å². The molecule has 156 valence electrons. The summed E-state index contributed by atoms with van der Waals surface area (Å²) in [6.07, 6.45) is 0. The number of carbonyl (C=O) groups excluding carboxylic acids is 1. The summed E-state index contributed by atoms with van der Waals surface area (Å²) in [6, 6.07) is 14.0. The van der Waals surface area contributed by atoms with Crippen LogP contribution in [-0.2, 0) is 21.4 Å². The number of rotatable bonds is 5. The number of piperazine rings is 1. The molecule has 0 aliphatic carbocycles. The molecule has 3 N–H and O–H groups in total. The van der Waals surface area contributed by atoms with Gasteiger partial charge in [-0.3, -0.25) is 10.2 Å². The van der Waals surface area contributed by atoms with Crippen LogP contribution >= 0.6 is 22.9 Å². The van der Waals surface area contributed by atoms with Crippen molar-refractivity contribution in [3.8, 4) is 0 Å². The van der Waals surface area contributed by atoms with Crippen LogP contribution in [0.1, 0.15) is 11.1 Å². The fraction of sp³-hybridized carbons (Fsp3) is 0.200. The molecule has 0 bridgehead atoms. The van der Waals surface area contributed by atoms with Crippen LogP contribution in [0.3, 0.4) is 0 Å². The molecule has 7 nitrogen and oxygen atoms in total. The SMILES string of the molecule is N=C(N)c1cccc(CN2CCN(S(=O)(=O)c3cc4cc(Cl)ccc4s3)CC2=O)c1. The minimum atomic E-state index is -3.77. The Hall–Kier alpha value is -2.46. The molecule has 30 heavy (non-hydrogen) atoms. The second-order valence-electron chi connectivity index (χ2n) is 7.02. The molecule has 4 rings (SSSR count). The number of halogens is 1. The molecular formula is C20H19ClN4O3S2. The lowest BCUT2D eigenvalue weighted by molar-refractivity contribution is -0.134. The Bertz CT molecular complexity index is 1260. The van der Waals surface area contributed by atoms with Gasteiger partial charge in [-0.15, -0.1) is 11.3 Å². The number of hydrogen-bond donors (Lipinski definition) is 2. The molecule has 1 aromatic heterocycles. The van der Waals surface area contributed by atoms with Crippen molar-refractivity contribution in [2.75, 3.05) is 19.6 Å². The Labute approximate surface area is 183 Å². The maximum Gasteiger partial charge on any atom is 0.253 e. The lowest BCUT2D eigenvalue weighted by Gasteiger charge is -2.33. The van der Waals surface area contributed by atoms with Crippen molar-refractivity contribution in [2.24, 2.45) is 5.73 Å². The molecule has 10 heteroatoms. The molecule has 0 unspecified atom stereocenters. The number of fused-ring (bicyclic) bond motifs is 1. The largest absolute Gasteiger partial charge is 0.384 e. The number of sulfonamides is 1. The lowest BCUT2D eigenvalue weighted by atomic mass is 10.1. The average molecular weight is 463 g/mol. The standard InChI is InChI=1S/C20H19ClN4O3S2/c21-16-4-5-17-15(9-16)10-19(29-17)30(27,28)25-7-6-24(18(26)12-25)11-13-2-1-3-14(8-13)20(22)23/h1-5,8-10H,6-7,11-12H2,(H3,22,23). The van der Waals surface area contributed by atoms with E-state index >= 15 is 0 Å². The van der Waals surface area contributed by atoms with Gasteiger partial charge in [0.1, 0.15) is 10.0 Å². The topological polar surface area (TPSA) is 108 Å². The van der Waals surface area contributed by atoms with Crippen molar-refractivity contribution < 1.29 is 13.2 Å². The first-order chi connectivity index (χ1) is 14.2. The highest BCUT2D eigenvalue weighted by molar-refractivity contribution is 7.91. The zero-order valence-electron chi connectivity index (χ0n) is 15.8. The van der Waals surface area contributed by atoms with E-state index < -0.39 is 10.0 Å². The van der Waals surface area contributed by atoms with Gasteiger partial charge in [-0.2, -0.15) is 4.31 Å². The highest BCUT2D eigenvalue weighted by atomic mass is 35.5. The zero-order chi connectivity index (χ0) is 21.5. The smallest absolute Gasteiger partial charge is 0.253 e. The van der Waals surface area contributed by atoms with Crippen LogP contribution in [0.5, 0.6) is 0 Å². The van der Waals surface area contributed by atoms with Gasteiger partial charge in [0.05, 0.1) is 6.54 Å². The van der Waals surface area contributed by atoms with Crippen LogP contribution in [0.25, 0.3) is 10.1 Å². The number of nitrogens with two attached hydrogens (primary N) is 1. The predicted molar refractivity (Wildman–Crippen MR) is 118 cm³/mol. The van der Waals surface area contributed by atoms with Crippen molar-refractivity contribution in [2.45, 2.75) is 10.8 Å². The van der Waals surface area contributed by atoms with Gasteiger partial charge in [-0.05, 0) is 41.3 Å². The molecule has 0 radical (unpaired) electrons. The van der Waals surface area contributed by atoms with Crippen LogP contribution in [0.15, 0.2) is 52.7 Å². The highest BCUT2D eigenvalue weighted by Crippen LogP contribution is 2.33. The molecule has 0 spiro atoms. The molecule has 0 saturated carbocycles. The maximum atomic E-state index is 13.1. The van der Waals surface area contributed by atoms with Gasteiger partial charge in [-0.1, -0.05) is 29.8 Å². The minimum absolute atomic E-state index is 0.0382. The summed E-state index contributed by atoms with van der Waals surface area (Å²) in [4.78, 5) is 14.3. The number of thiophene rings is 1. The van der Waals surface area contributed by atoms with Crippen molar-refractivity contribution in [3.63, 3.8) is 0 Å². The molecular weight excluding hydrogens is 444 g/mol. The molecule has 3 aromatic rings. The lowest BCUT2D eigenvalue weighted by Crippen LogP contribution is -2.51. The Morgan fingerprint density at radius 2 is 1.97 bits per heavy atom. The van der Waals surface area contributed by atoms with E-state index in [9.17, 15) is 13.2 Å². The van der Waals surface area contributed by atoms with Gasteiger partial charge >= 0.3 is 0 Å². The van der Waals surface area contributed by atoms with E-state index in [2.05, 4.69) is 0 Å². The number of amidine groups is 1. The van der Waals surface area contributed by atoms with Gasteiger partial charge in [0, 0.05) is 34.9 Å². The summed E-state index contributed by atoms with van der Waals surface area (Å²) in [5.41, 5.74) is 6.95. The van der Waals surface area contributed by atoms with E-state index in [0.29, 0.717) is 23.7 Å². The molecule has 2 aromatic carbocycles. The third-order valence-corrected chi connectivity index (χ3v) is 8.59. The highest BCUT2D eigenvalue weighted by Gasteiger charge is 2.33. The second-order valence-corrected chi connectivity index (χ2v) is 10.7. The fourth-order valence-electron chi connectivity index (χ4n) is 3.36. The van der Waals surface area contributed by atoms with E-state index in [1.54, 1.807) is 47.4 Å². The first-order valence-corrected chi connectivity index (χ1v) is 11.8. The van der Waals surface area contributed by atoms with Gasteiger partial charge in [0.25, 0.3) is 10.0 Å². The molecule has 1 saturated heterocycles. The first kappa shape index (κ1) is 20.8. The van der Waals surface area contributed by atoms with E-state index in [4.69, 9.17) is 22.7 Å². The van der Waals surface area contributed by atoms with Gasteiger partial charge in [-0.25, -0.2) is 8.42 Å². The summed E-state index contributed by atoms with van der Waals surface area (Å²) >= 11 is 7.17. The van der Waals surface area contributed by atoms with Crippen LogP contribution < -0.4 is 5.73 Å². The second kappa shape index (κ2) is 7.99. The molecule has 1 fully saturated rings. The number of hydrogen-bond acceptors (Lipinski definition) is 5. The molecule has 2 heterocycles. The maximum absolute atomic E-state index is 13.1. The van der Waals surface area contributed by atoms with Gasteiger partial charge < -0.3 is 10.6 Å². The number of nitrogens with one attached hydrogen (secondary N) is 1. The number of carbonyl (C=O) groups is 1. The average Bonchev–Trinajstić information content (AvgIpc) is 3.13. The van der Waals surface area contributed by atoms with Gasteiger partial charge in [0.15, 0.2) is 0 Å². The third-order valence-electron chi connectivity index (χ3n) is 4.94.